The summed E-state index contributed by atoms with van der Waals surface area (Å²) in [7, 11) is 0. The summed E-state index contributed by atoms with van der Waals surface area (Å²) in [6.07, 6.45) is 6.65. The van der Waals surface area contributed by atoms with Gasteiger partial charge in [-0.05, 0) is 86.5 Å². The molecule has 30 heavy (non-hydrogen) atoms. The Kier molecular flexibility index (Phi) is 4.68. The molecular formula is C26H30N2O2. The molecule has 4 fully saturated rings. The van der Waals surface area contributed by atoms with Crippen LogP contribution in [-0.2, 0) is 10.2 Å². The Bertz CT molecular complexity index is 954. The molecule has 2 N–H and O–H groups in total. The molecule has 0 heterocycles. The summed E-state index contributed by atoms with van der Waals surface area (Å²) in [5.74, 6) is 1.31. The average molecular weight is 403 g/mol. The lowest BCUT2D eigenvalue weighted by Crippen LogP contribution is -2.57. The Morgan fingerprint density at radius 2 is 1.70 bits per heavy atom. The molecule has 0 aromatic heterocycles. The predicted octanol–water partition coefficient (Wildman–Crippen LogP) is 4.91. The third-order valence-electron chi connectivity index (χ3n) is 7.65. The monoisotopic (exact) mass is 402 g/mol. The topological polar surface area (TPSA) is 58.2 Å². The first kappa shape index (κ1) is 19.3. The van der Waals surface area contributed by atoms with E-state index in [4.69, 9.17) is 0 Å². The van der Waals surface area contributed by atoms with E-state index < -0.39 is 0 Å². The van der Waals surface area contributed by atoms with Crippen LogP contribution in [0, 0.1) is 17.3 Å². The third kappa shape index (κ3) is 3.23. The molecule has 4 aliphatic rings. The summed E-state index contributed by atoms with van der Waals surface area (Å²) < 4.78 is 0. The van der Waals surface area contributed by atoms with Gasteiger partial charge in [0.05, 0.1) is 5.41 Å². The summed E-state index contributed by atoms with van der Waals surface area (Å²) in [6, 6.07) is 18.2. The molecule has 2 aromatic rings. The minimum Gasteiger partial charge on any atom is -0.352 e. The molecule has 156 valence electrons. The number of hydrogen-bond acceptors (Lipinski definition) is 2. The van der Waals surface area contributed by atoms with Crippen molar-refractivity contribution in [2.24, 2.45) is 17.3 Å². The molecule has 4 aliphatic carbocycles. The first-order valence-corrected chi connectivity index (χ1v) is 11.3. The highest BCUT2D eigenvalue weighted by molar-refractivity contribution is 5.99. The number of carbonyl (C=O) groups excluding carboxylic acids is 2. The van der Waals surface area contributed by atoms with E-state index in [0.717, 1.165) is 19.3 Å². The van der Waals surface area contributed by atoms with E-state index in [1.807, 2.05) is 19.1 Å². The van der Waals surface area contributed by atoms with Crippen LogP contribution in [0.5, 0.6) is 0 Å². The second-order valence-electron chi connectivity index (χ2n) is 9.78. The Labute approximate surface area is 178 Å². The lowest BCUT2D eigenvalue weighted by atomic mass is 9.42. The summed E-state index contributed by atoms with van der Waals surface area (Å²) in [4.78, 5) is 25.8. The molecule has 2 amide bonds. The Morgan fingerprint density at radius 3 is 2.40 bits per heavy atom. The summed E-state index contributed by atoms with van der Waals surface area (Å²) in [6.45, 7) is 2.49. The van der Waals surface area contributed by atoms with Gasteiger partial charge < -0.3 is 10.6 Å². The highest BCUT2D eigenvalue weighted by atomic mass is 16.2. The van der Waals surface area contributed by atoms with Crippen molar-refractivity contribution in [3.8, 4) is 0 Å². The van der Waals surface area contributed by atoms with Crippen LogP contribution < -0.4 is 10.6 Å². The van der Waals surface area contributed by atoms with Gasteiger partial charge in [-0.2, -0.15) is 0 Å². The molecule has 0 saturated heterocycles. The van der Waals surface area contributed by atoms with Gasteiger partial charge in [0.1, 0.15) is 0 Å². The zero-order chi connectivity index (χ0) is 20.8. The first-order valence-electron chi connectivity index (χ1n) is 11.3. The van der Waals surface area contributed by atoms with E-state index in [9.17, 15) is 9.59 Å². The van der Waals surface area contributed by atoms with Crippen molar-refractivity contribution >= 4 is 17.5 Å². The van der Waals surface area contributed by atoms with Crippen molar-refractivity contribution in [2.75, 3.05) is 11.9 Å². The van der Waals surface area contributed by atoms with Crippen molar-refractivity contribution in [1.29, 1.82) is 0 Å². The van der Waals surface area contributed by atoms with Gasteiger partial charge in [0.25, 0.3) is 5.91 Å². The standard InChI is InChI=1S/C26H30N2O2/c1-2-27-23(29)20-7-6-10-22(12-20)28-24(30)26-15-18-11-19(16-26)14-25(13-18,17-26)21-8-4-3-5-9-21/h3-10,12,18-19H,2,11,13-17H2,1H3,(H,27,29)(H,28,30)/t18-,19-,25?,26?/m0/s1. The van der Waals surface area contributed by atoms with Crippen LogP contribution >= 0.6 is 0 Å². The molecule has 2 aromatic carbocycles. The second kappa shape index (κ2) is 7.26. The number of nitrogens with one attached hydrogen (secondary N) is 2. The third-order valence-corrected chi connectivity index (χ3v) is 7.65. The second-order valence-corrected chi connectivity index (χ2v) is 9.78. The van der Waals surface area contributed by atoms with Crippen LogP contribution in [0.1, 0.15) is 61.4 Å². The normalized spacial score (nSPS) is 31.4. The largest absolute Gasteiger partial charge is 0.352 e. The molecule has 4 nitrogen and oxygen atoms in total. The molecule has 0 aliphatic heterocycles. The smallest absolute Gasteiger partial charge is 0.251 e. The number of rotatable bonds is 5. The molecule has 0 unspecified atom stereocenters. The average Bonchev–Trinajstić information content (AvgIpc) is 2.74. The molecule has 6 rings (SSSR count). The highest BCUT2D eigenvalue weighted by Gasteiger charge is 2.60. The predicted molar refractivity (Wildman–Crippen MR) is 118 cm³/mol. The number of carbonyl (C=O) groups is 2. The number of anilines is 1. The highest BCUT2D eigenvalue weighted by Crippen LogP contribution is 2.65. The van der Waals surface area contributed by atoms with Crippen molar-refractivity contribution in [2.45, 2.75) is 50.9 Å². The Balaban J connectivity index is 1.41. The Morgan fingerprint density at radius 1 is 0.967 bits per heavy atom. The fraction of sp³-hybridized carbons (Fsp3) is 0.462. The summed E-state index contributed by atoms with van der Waals surface area (Å²) in [5, 5.41) is 6.01. The van der Waals surface area contributed by atoms with Gasteiger partial charge >= 0.3 is 0 Å². The van der Waals surface area contributed by atoms with Crippen molar-refractivity contribution < 1.29 is 9.59 Å². The van der Waals surface area contributed by atoms with Crippen molar-refractivity contribution in [3.63, 3.8) is 0 Å². The molecule has 4 saturated carbocycles. The summed E-state index contributed by atoms with van der Waals surface area (Å²) in [5.41, 5.74) is 2.57. The van der Waals surface area contributed by atoms with E-state index in [2.05, 4.69) is 41.0 Å². The minimum absolute atomic E-state index is 0.105. The van der Waals surface area contributed by atoms with Crippen LogP contribution in [0.4, 0.5) is 5.69 Å². The van der Waals surface area contributed by atoms with Crippen LogP contribution in [0.25, 0.3) is 0 Å². The van der Waals surface area contributed by atoms with E-state index in [0.29, 0.717) is 29.6 Å². The van der Waals surface area contributed by atoms with Gasteiger partial charge in [-0.1, -0.05) is 36.4 Å². The van der Waals surface area contributed by atoms with Gasteiger partial charge in [-0.3, -0.25) is 9.59 Å². The first-order chi connectivity index (χ1) is 14.5. The van der Waals surface area contributed by atoms with E-state index in [1.165, 1.54) is 24.8 Å². The van der Waals surface area contributed by atoms with Crippen molar-refractivity contribution in [3.05, 3.63) is 65.7 Å². The summed E-state index contributed by atoms with van der Waals surface area (Å²) >= 11 is 0. The molecule has 2 atom stereocenters. The van der Waals surface area contributed by atoms with Crippen LogP contribution in [-0.4, -0.2) is 18.4 Å². The SMILES string of the molecule is CCNC(=O)c1cccc(NC(=O)C23C[C@H]4C[C@H](C2)CC(c2ccccc2)(C4)C3)c1. The van der Waals surface area contributed by atoms with E-state index >= 15 is 0 Å². The van der Waals surface area contributed by atoms with Gasteiger partial charge in [-0.15, -0.1) is 0 Å². The maximum atomic E-state index is 13.6. The Hall–Kier alpha value is -2.62. The van der Waals surface area contributed by atoms with Gasteiger partial charge in [0.15, 0.2) is 0 Å². The number of hydrogen-bond donors (Lipinski definition) is 2. The van der Waals surface area contributed by atoms with Crippen LogP contribution in [0.15, 0.2) is 54.6 Å². The quantitative estimate of drug-likeness (QED) is 0.746. The maximum Gasteiger partial charge on any atom is 0.251 e. The zero-order valence-electron chi connectivity index (χ0n) is 17.6. The lowest BCUT2D eigenvalue weighted by molar-refractivity contribution is -0.143. The molecule has 4 heteroatoms. The molecule has 0 radical (unpaired) electrons. The maximum absolute atomic E-state index is 13.6. The zero-order valence-corrected chi connectivity index (χ0v) is 17.6. The molecular weight excluding hydrogens is 372 g/mol. The minimum atomic E-state index is -0.290. The molecule has 4 bridgehead atoms. The van der Waals surface area contributed by atoms with E-state index in [1.54, 1.807) is 12.1 Å². The molecule has 0 spiro atoms. The van der Waals surface area contributed by atoms with Crippen molar-refractivity contribution in [1.82, 2.24) is 5.32 Å². The van der Waals surface area contributed by atoms with Gasteiger partial charge in [-0.25, -0.2) is 0 Å². The lowest BCUT2D eigenvalue weighted by Gasteiger charge is -2.61. The fourth-order valence-corrected chi connectivity index (χ4v) is 6.92. The van der Waals surface area contributed by atoms with E-state index in [-0.39, 0.29) is 22.6 Å². The van der Waals surface area contributed by atoms with Crippen LogP contribution in [0.2, 0.25) is 0 Å². The number of benzene rings is 2. The van der Waals surface area contributed by atoms with Crippen LogP contribution in [0.3, 0.4) is 0 Å². The van der Waals surface area contributed by atoms with Gasteiger partial charge in [0, 0.05) is 17.8 Å². The fourth-order valence-electron chi connectivity index (χ4n) is 6.92. The number of amides is 2. The van der Waals surface area contributed by atoms with Gasteiger partial charge in [0.2, 0.25) is 5.91 Å².